The molecule has 0 aliphatic heterocycles. The number of rotatable bonds is 4. The molecule has 0 aromatic heterocycles. The highest BCUT2D eigenvalue weighted by atomic mass is 32.2. The average molecular weight is 315 g/mol. The molecule has 1 aromatic rings. The minimum atomic E-state index is -3.64. The van der Waals surface area contributed by atoms with Crippen molar-refractivity contribution in [2.45, 2.75) is 11.8 Å². The van der Waals surface area contributed by atoms with E-state index in [-0.39, 0.29) is 16.2 Å². The molecule has 0 saturated heterocycles. The highest BCUT2D eigenvalue weighted by Crippen LogP contribution is 2.23. The molecule has 0 heterocycles. The topological polar surface area (TPSA) is 121 Å². The lowest BCUT2D eigenvalue weighted by Gasteiger charge is -2.15. The van der Waals surface area contributed by atoms with Crippen molar-refractivity contribution >= 4 is 15.7 Å². The van der Waals surface area contributed by atoms with Gasteiger partial charge in [-0.2, -0.15) is 15.8 Å². The van der Waals surface area contributed by atoms with Gasteiger partial charge in [0.25, 0.3) is 0 Å². The molecule has 7 nitrogen and oxygen atoms in total. The largest absolute Gasteiger partial charge is 0.345 e. The third kappa shape index (κ3) is 3.42. The Labute approximate surface area is 129 Å². The Morgan fingerprint density at radius 3 is 2.18 bits per heavy atom. The van der Waals surface area contributed by atoms with E-state index < -0.39 is 10.0 Å². The summed E-state index contributed by atoms with van der Waals surface area (Å²) in [6.07, 6.45) is 0. The summed E-state index contributed by atoms with van der Waals surface area (Å²) in [7, 11) is -0.808. The highest BCUT2D eigenvalue weighted by molar-refractivity contribution is 7.89. The third-order valence-electron chi connectivity index (χ3n) is 2.80. The van der Waals surface area contributed by atoms with Crippen molar-refractivity contribution in [3.05, 3.63) is 35.0 Å². The Morgan fingerprint density at radius 2 is 1.73 bits per heavy atom. The molecule has 1 N–H and O–H groups in total. The summed E-state index contributed by atoms with van der Waals surface area (Å²) >= 11 is 0. The molecule has 0 fully saturated rings. The highest BCUT2D eigenvalue weighted by Gasteiger charge is 2.20. The standard InChI is InChI=1S/C14H13N5O2S/c1-10-4-5-12(6-14(10)22(20,21)19(2)3)18-13(9-17)11(7-15)8-16/h4-6,18H,1-3H3. The summed E-state index contributed by atoms with van der Waals surface area (Å²) in [5.74, 6) is 0. The van der Waals surface area contributed by atoms with Gasteiger partial charge in [0.1, 0.15) is 23.9 Å². The first-order valence-corrected chi connectivity index (χ1v) is 7.46. The monoisotopic (exact) mass is 315 g/mol. The molecule has 22 heavy (non-hydrogen) atoms. The molecule has 0 radical (unpaired) electrons. The van der Waals surface area contributed by atoms with Gasteiger partial charge in [-0.3, -0.25) is 0 Å². The summed E-state index contributed by atoms with van der Waals surface area (Å²) in [6, 6.07) is 9.41. The van der Waals surface area contributed by atoms with Crippen LogP contribution in [-0.2, 0) is 10.0 Å². The van der Waals surface area contributed by atoms with Crippen molar-refractivity contribution in [1.82, 2.24) is 4.31 Å². The van der Waals surface area contributed by atoms with E-state index in [9.17, 15) is 8.42 Å². The van der Waals surface area contributed by atoms with Crippen molar-refractivity contribution in [3.63, 3.8) is 0 Å². The zero-order valence-electron chi connectivity index (χ0n) is 12.2. The molecule has 0 spiro atoms. The lowest BCUT2D eigenvalue weighted by atomic mass is 10.2. The minimum absolute atomic E-state index is 0.0789. The average Bonchev–Trinajstić information content (AvgIpc) is 2.48. The Morgan fingerprint density at radius 1 is 1.14 bits per heavy atom. The lowest BCUT2D eigenvalue weighted by Crippen LogP contribution is -2.23. The van der Waals surface area contributed by atoms with Crippen molar-refractivity contribution in [1.29, 1.82) is 15.8 Å². The first-order valence-electron chi connectivity index (χ1n) is 6.02. The fraction of sp³-hybridized carbons (Fsp3) is 0.214. The summed E-state index contributed by atoms with van der Waals surface area (Å²) in [6.45, 7) is 1.65. The number of nitrogens with one attached hydrogen (secondary N) is 1. The van der Waals surface area contributed by atoms with Crippen LogP contribution in [0.1, 0.15) is 5.56 Å². The van der Waals surface area contributed by atoms with Crippen LogP contribution in [0.2, 0.25) is 0 Å². The smallest absolute Gasteiger partial charge is 0.242 e. The predicted octanol–water partition coefficient (Wildman–Crippen LogP) is 1.48. The predicted molar refractivity (Wildman–Crippen MR) is 79.5 cm³/mol. The van der Waals surface area contributed by atoms with Gasteiger partial charge in [-0.15, -0.1) is 0 Å². The van der Waals surface area contributed by atoms with Gasteiger partial charge in [0.05, 0.1) is 4.90 Å². The van der Waals surface area contributed by atoms with Gasteiger partial charge in [0.2, 0.25) is 10.0 Å². The fourth-order valence-corrected chi connectivity index (χ4v) is 2.72. The van der Waals surface area contributed by atoms with Crippen LogP contribution in [0.4, 0.5) is 5.69 Å². The Hall–Kier alpha value is -2.86. The van der Waals surface area contributed by atoms with E-state index in [2.05, 4.69) is 5.32 Å². The number of hydrogen-bond donors (Lipinski definition) is 1. The molecule has 0 unspecified atom stereocenters. The number of nitrogens with zero attached hydrogens (tertiary/aromatic N) is 4. The lowest BCUT2D eigenvalue weighted by molar-refractivity contribution is 0.520. The molecule has 0 aliphatic rings. The number of hydrogen-bond acceptors (Lipinski definition) is 6. The summed E-state index contributed by atoms with van der Waals surface area (Å²) in [4.78, 5) is 0.0789. The summed E-state index contributed by atoms with van der Waals surface area (Å²) < 4.78 is 25.5. The third-order valence-corrected chi connectivity index (χ3v) is 4.76. The van der Waals surface area contributed by atoms with Crippen LogP contribution in [-0.4, -0.2) is 26.8 Å². The van der Waals surface area contributed by atoms with Crippen LogP contribution in [0.25, 0.3) is 0 Å². The number of allylic oxidation sites excluding steroid dienone is 2. The maximum absolute atomic E-state index is 12.2. The van der Waals surface area contributed by atoms with Gasteiger partial charge in [-0.25, -0.2) is 12.7 Å². The van der Waals surface area contributed by atoms with Crippen LogP contribution in [0.5, 0.6) is 0 Å². The van der Waals surface area contributed by atoms with Gasteiger partial charge in [0.15, 0.2) is 5.57 Å². The molecule has 0 amide bonds. The maximum Gasteiger partial charge on any atom is 0.242 e. The van der Waals surface area contributed by atoms with Crippen molar-refractivity contribution < 1.29 is 8.42 Å². The van der Waals surface area contributed by atoms with E-state index in [1.807, 2.05) is 0 Å². The number of sulfonamides is 1. The normalized spacial score (nSPS) is 10.2. The first kappa shape index (κ1) is 17.2. The summed E-state index contributed by atoms with van der Waals surface area (Å²) in [5, 5.41) is 29.2. The SMILES string of the molecule is Cc1ccc(NC(C#N)=C(C#N)C#N)cc1S(=O)(=O)N(C)C. The second-order valence-corrected chi connectivity index (χ2v) is 6.60. The molecule has 0 bridgehead atoms. The zero-order chi connectivity index (χ0) is 16.9. The van der Waals surface area contributed by atoms with Gasteiger partial charge >= 0.3 is 0 Å². The Bertz CT molecular complexity index is 833. The second-order valence-electron chi connectivity index (χ2n) is 4.48. The van der Waals surface area contributed by atoms with Crippen molar-refractivity contribution in [2.24, 2.45) is 0 Å². The van der Waals surface area contributed by atoms with Gasteiger partial charge in [0, 0.05) is 19.8 Å². The molecular weight excluding hydrogens is 302 g/mol. The summed E-state index contributed by atoms with van der Waals surface area (Å²) in [5.41, 5.74) is 0.232. The van der Waals surface area contributed by atoms with Crippen LogP contribution >= 0.6 is 0 Å². The van der Waals surface area contributed by atoms with Gasteiger partial charge in [-0.1, -0.05) is 6.07 Å². The van der Waals surface area contributed by atoms with Crippen molar-refractivity contribution in [2.75, 3.05) is 19.4 Å². The minimum Gasteiger partial charge on any atom is -0.345 e. The van der Waals surface area contributed by atoms with Crippen molar-refractivity contribution in [3.8, 4) is 18.2 Å². The number of anilines is 1. The molecule has 1 rings (SSSR count). The van der Waals surface area contributed by atoms with E-state index in [0.29, 0.717) is 11.3 Å². The number of benzene rings is 1. The molecule has 0 saturated carbocycles. The number of aryl methyl sites for hydroxylation is 1. The van der Waals surface area contributed by atoms with Crippen LogP contribution < -0.4 is 5.32 Å². The second kappa shape index (κ2) is 6.73. The molecular formula is C14H13N5O2S. The molecule has 0 aliphatic carbocycles. The van der Waals surface area contributed by atoms with Crippen LogP contribution in [0.3, 0.4) is 0 Å². The van der Waals surface area contributed by atoms with Gasteiger partial charge in [-0.05, 0) is 24.6 Å². The molecule has 0 atom stereocenters. The fourth-order valence-electron chi connectivity index (χ4n) is 1.58. The maximum atomic E-state index is 12.2. The zero-order valence-corrected chi connectivity index (χ0v) is 13.1. The van der Waals surface area contributed by atoms with E-state index in [1.54, 1.807) is 37.3 Å². The van der Waals surface area contributed by atoms with Gasteiger partial charge < -0.3 is 5.32 Å². The van der Waals surface area contributed by atoms with E-state index in [1.165, 1.54) is 20.2 Å². The number of nitriles is 3. The Kier molecular flexibility index (Phi) is 5.26. The quantitative estimate of drug-likeness (QED) is 0.840. The van der Waals surface area contributed by atoms with Crippen LogP contribution in [0.15, 0.2) is 34.4 Å². The molecule has 1 aromatic carbocycles. The Balaban J connectivity index is 3.39. The van der Waals surface area contributed by atoms with E-state index >= 15 is 0 Å². The first-order chi connectivity index (χ1) is 10.3. The van der Waals surface area contributed by atoms with E-state index in [0.717, 1.165) is 4.31 Å². The van der Waals surface area contributed by atoms with E-state index in [4.69, 9.17) is 15.8 Å². The molecule has 112 valence electrons. The molecule has 8 heteroatoms. The van der Waals surface area contributed by atoms with Crippen LogP contribution in [0, 0.1) is 40.9 Å².